The Labute approximate surface area is 184 Å². The summed E-state index contributed by atoms with van der Waals surface area (Å²) < 4.78 is 2.08. The monoisotopic (exact) mass is 419 g/mol. The second-order valence-electron chi connectivity index (χ2n) is 9.17. The Morgan fingerprint density at radius 3 is 2.52 bits per heavy atom. The molecule has 1 aliphatic heterocycles. The number of carbonyl (C=O) groups excluding carboxylic acids is 1. The molecule has 2 aromatic heterocycles. The van der Waals surface area contributed by atoms with Gasteiger partial charge in [-0.3, -0.25) is 14.1 Å². The van der Waals surface area contributed by atoms with E-state index < -0.39 is 0 Å². The first-order valence-corrected chi connectivity index (χ1v) is 11.4. The summed E-state index contributed by atoms with van der Waals surface area (Å²) in [5, 5.41) is 11.9. The van der Waals surface area contributed by atoms with Crippen LogP contribution in [0.2, 0.25) is 0 Å². The zero-order chi connectivity index (χ0) is 21.8. The quantitative estimate of drug-likeness (QED) is 0.629. The van der Waals surface area contributed by atoms with Gasteiger partial charge in [-0.25, -0.2) is 0 Å². The lowest BCUT2D eigenvalue weighted by Gasteiger charge is -2.31. The number of benzene rings is 1. The molecule has 164 valence electrons. The molecule has 0 spiro atoms. The van der Waals surface area contributed by atoms with Gasteiger partial charge in [0.25, 0.3) is 0 Å². The lowest BCUT2D eigenvalue weighted by atomic mass is 9.96. The SMILES string of the molecule is CC(C)Cc1ccc(C(C)NC(=O)CN2CCC(c3nnc4ccccn34)CC2)cc1. The summed E-state index contributed by atoms with van der Waals surface area (Å²) in [7, 11) is 0. The average Bonchev–Trinajstić information content (AvgIpc) is 3.18. The molecule has 3 heterocycles. The van der Waals surface area contributed by atoms with Gasteiger partial charge in [0, 0.05) is 12.1 Å². The lowest BCUT2D eigenvalue weighted by molar-refractivity contribution is -0.123. The van der Waals surface area contributed by atoms with Gasteiger partial charge in [-0.1, -0.05) is 44.2 Å². The van der Waals surface area contributed by atoms with E-state index in [1.54, 1.807) is 0 Å². The van der Waals surface area contributed by atoms with E-state index in [1.165, 1.54) is 5.56 Å². The number of likely N-dealkylation sites (tertiary alicyclic amines) is 1. The highest BCUT2D eigenvalue weighted by atomic mass is 16.2. The van der Waals surface area contributed by atoms with Crippen LogP contribution in [0.4, 0.5) is 0 Å². The average molecular weight is 420 g/mol. The molecule has 0 saturated carbocycles. The molecule has 0 radical (unpaired) electrons. The molecule has 1 fully saturated rings. The molecule has 0 aliphatic carbocycles. The van der Waals surface area contributed by atoms with Crippen molar-refractivity contribution in [2.45, 2.75) is 52.0 Å². The van der Waals surface area contributed by atoms with Crippen LogP contribution in [0.1, 0.15) is 62.5 Å². The summed E-state index contributed by atoms with van der Waals surface area (Å²) in [5.74, 6) is 2.16. The Morgan fingerprint density at radius 2 is 1.81 bits per heavy atom. The lowest BCUT2D eigenvalue weighted by Crippen LogP contribution is -2.42. The van der Waals surface area contributed by atoms with Crippen molar-refractivity contribution in [3.63, 3.8) is 0 Å². The van der Waals surface area contributed by atoms with Crippen molar-refractivity contribution in [2.24, 2.45) is 5.92 Å². The van der Waals surface area contributed by atoms with Gasteiger partial charge in [-0.05, 0) is 68.5 Å². The molecule has 1 saturated heterocycles. The highest BCUT2D eigenvalue weighted by Crippen LogP contribution is 2.27. The summed E-state index contributed by atoms with van der Waals surface area (Å²) >= 11 is 0. The van der Waals surface area contributed by atoms with Gasteiger partial charge in [-0.15, -0.1) is 10.2 Å². The topological polar surface area (TPSA) is 62.5 Å². The zero-order valence-electron chi connectivity index (χ0n) is 18.8. The minimum atomic E-state index is 0.0143. The van der Waals surface area contributed by atoms with Gasteiger partial charge in [0.15, 0.2) is 5.65 Å². The van der Waals surface area contributed by atoms with Crippen molar-refractivity contribution in [2.75, 3.05) is 19.6 Å². The summed E-state index contributed by atoms with van der Waals surface area (Å²) in [6.07, 6.45) is 5.11. The molecular formula is C25H33N5O. The Bertz CT molecular complexity index is 1000. The maximum Gasteiger partial charge on any atom is 0.234 e. The normalized spacial score (nSPS) is 16.6. The van der Waals surface area contributed by atoms with Crippen molar-refractivity contribution in [1.29, 1.82) is 0 Å². The van der Waals surface area contributed by atoms with E-state index in [1.807, 2.05) is 24.4 Å². The fourth-order valence-electron chi connectivity index (χ4n) is 4.47. The van der Waals surface area contributed by atoms with Crippen LogP contribution in [0.25, 0.3) is 5.65 Å². The van der Waals surface area contributed by atoms with Gasteiger partial charge < -0.3 is 5.32 Å². The number of hydrogen-bond acceptors (Lipinski definition) is 4. The van der Waals surface area contributed by atoms with E-state index >= 15 is 0 Å². The maximum atomic E-state index is 12.6. The van der Waals surface area contributed by atoms with Crippen molar-refractivity contribution in [3.8, 4) is 0 Å². The predicted molar refractivity (Wildman–Crippen MR) is 123 cm³/mol. The largest absolute Gasteiger partial charge is 0.348 e. The third kappa shape index (κ3) is 5.31. The van der Waals surface area contributed by atoms with E-state index in [0.717, 1.165) is 49.4 Å². The van der Waals surface area contributed by atoms with Crippen molar-refractivity contribution < 1.29 is 4.79 Å². The first-order valence-electron chi connectivity index (χ1n) is 11.4. The zero-order valence-corrected chi connectivity index (χ0v) is 18.8. The van der Waals surface area contributed by atoms with E-state index in [9.17, 15) is 4.79 Å². The second kappa shape index (κ2) is 9.60. The molecule has 31 heavy (non-hydrogen) atoms. The fourth-order valence-corrected chi connectivity index (χ4v) is 4.47. The summed E-state index contributed by atoms with van der Waals surface area (Å²) in [6.45, 7) is 8.76. The standard InChI is InChI=1S/C25H33N5O/c1-18(2)16-20-7-9-21(10-8-20)19(3)26-24(31)17-29-14-11-22(12-15-29)25-28-27-23-6-4-5-13-30(23)25/h4-10,13,18-19,22H,11-12,14-17H2,1-3H3,(H,26,31). The number of amides is 1. The molecule has 6 heteroatoms. The van der Waals surface area contributed by atoms with Crippen molar-refractivity contribution in [1.82, 2.24) is 24.8 Å². The molecule has 1 N–H and O–H groups in total. The first-order chi connectivity index (χ1) is 15.0. The van der Waals surface area contributed by atoms with Crippen LogP contribution >= 0.6 is 0 Å². The highest BCUT2D eigenvalue weighted by Gasteiger charge is 2.25. The van der Waals surface area contributed by atoms with Crippen molar-refractivity contribution in [3.05, 3.63) is 65.6 Å². The molecule has 1 unspecified atom stereocenters. The van der Waals surface area contributed by atoms with Crippen molar-refractivity contribution >= 4 is 11.6 Å². The molecular weight excluding hydrogens is 386 g/mol. The van der Waals surface area contributed by atoms with Gasteiger partial charge in [0.1, 0.15) is 5.82 Å². The van der Waals surface area contributed by atoms with Gasteiger partial charge in [0.2, 0.25) is 5.91 Å². The number of piperidine rings is 1. The van der Waals surface area contributed by atoms with Gasteiger partial charge in [0.05, 0.1) is 12.6 Å². The van der Waals surface area contributed by atoms with E-state index in [-0.39, 0.29) is 11.9 Å². The third-order valence-electron chi connectivity index (χ3n) is 6.16. The van der Waals surface area contributed by atoms with Crippen LogP contribution in [0.15, 0.2) is 48.7 Å². The minimum absolute atomic E-state index is 0.0143. The Hall–Kier alpha value is -2.73. The molecule has 0 bridgehead atoms. The maximum absolute atomic E-state index is 12.6. The van der Waals surface area contributed by atoms with Gasteiger partial charge in [-0.2, -0.15) is 0 Å². The summed E-state index contributed by atoms with van der Waals surface area (Å²) in [4.78, 5) is 14.9. The van der Waals surface area contributed by atoms with E-state index in [2.05, 4.69) is 69.9 Å². The van der Waals surface area contributed by atoms with E-state index in [4.69, 9.17) is 0 Å². The smallest absolute Gasteiger partial charge is 0.234 e. The van der Waals surface area contributed by atoms with Gasteiger partial charge >= 0.3 is 0 Å². The fraction of sp³-hybridized carbons (Fsp3) is 0.480. The molecule has 1 atom stereocenters. The first kappa shape index (κ1) is 21.5. The Kier molecular flexibility index (Phi) is 6.66. The third-order valence-corrected chi connectivity index (χ3v) is 6.16. The molecule has 4 rings (SSSR count). The number of nitrogens with zero attached hydrogens (tertiary/aromatic N) is 4. The van der Waals surface area contributed by atoms with Crippen LogP contribution < -0.4 is 5.32 Å². The number of aromatic nitrogens is 3. The predicted octanol–water partition coefficient (Wildman–Crippen LogP) is 3.98. The second-order valence-corrected chi connectivity index (χ2v) is 9.17. The van der Waals surface area contributed by atoms with Crippen LogP contribution in [0, 0.1) is 5.92 Å². The number of hydrogen-bond donors (Lipinski definition) is 1. The molecule has 3 aromatic rings. The van der Waals surface area contributed by atoms with E-state index in [0.29, 0.717) is 18.4 Å². The Balaban J connectivity index is 1.26. The summed E-state index contributed by atoms with van der Waals surface area (Å²) in [6, 6.07) is 14.6. The number of pyridine rings is 1. The van der Waals surface area contributed by atoms with Crippen LogP contribution in [-0.4, -0.2) is 45.0 Å². The van der Waals surface area contributed by atoms with Crippen LogP contribution in [0.3, 0.4) is 0 Å². The number of fused-ring (bicyclic) bond motifs is 1. The minimum Gasteiger partial charge on any atom is -0.348 e. The number of nitrogens with one attached hydrogen (secondary N) is 1. The number of carbonyl (C=O) groups is 1. The highest BCUT2D eigenvalue weighted by molar-refractivity contribution is 5.78. The molecule has 1 aliphatic rings. The van der Waals surface area contributed by atoms with Crippen LogP contribution in [-0.2, 0) is 11.2 Å². The summed E-state index contributed by atoms with van der Waals surface area (Å²) in [5.41, 5.74) is 3.39. The molecule has 1 amide bonds. The molecule has 1 aromatic carbocycles. The molecule has 6 nitrogen and oxygen atoms in total. The van der Waals surface area contributed by atoms with Crippen LogP contribution in [0.5, 0.6) is 0 Å². The Morgan fingerprint density at radius 1 is 1.06 bits per heavy atom. The number of rotatable bonds is 7.